The Hall–Kier alpha value is -5.73. The predicted octanol–water partition coefficient (Wildman–Crippen LogP) is 6.96. The van der Waals surface area contributed by atoms with Gasteiger partial charge in [-0.15, -0.1) is 0 Å². The molecule has 1 aliphatic heterocycles. The first-order valence-electron chi connectivity index (χ1n) is 18.4. The van der Waals surface area contributed by atoms with Crippen LogP contribution in [0.25, 0.3) is 28.0 Å². The Balaban J connectivity index is 1.13. The molecule has 12 nitrogen and oxygen atoms in total. The van der Waals surface area contributed by atoms with E-state index in [2.05, 4.69) is 30.2 Å². The van der Waals surface area contributed by atoms with E-state index < -0.39 is 34.8 Å². The van der Waals surface area contributed by atoms with Crippen molar-refractivity contribution < 1.29 is 37.3 Å². The Morgan fingerprint density at radius 2 is 1.76 bits per heavy atom. The molecule has 3 fully saturated rings. The van der Waals surface area contributed by atoms with Crippen molar-refractivity contribution in [2.75, 3.05) is 25.1 Å². The van der Waals surface area contributed by atoms with Gasteiger partial charge in [-0.2, -0.15) is 18.2 Å². The van der Waals surface area contributed by atoms with Crippen LogP contribution in [0.3, 0.4) is 0 Å². The zero-order chi connectivity index (χ0) is 38.5. The molecule has 1 saturated heterocycles. The molecule has 2 N–H and O–H groups in total. The number of aromatic nitrogens is 5. The minimum atomic E-state index is -5.02. The van der Waals surface area contributed by atoms with Crippen molar-refractivity contribution in [2.45, 2.75) is 63.3 Å². The lowest BCUT2D eigenvalue weighted by atomic mass is 9.78. The van der Waals surface area contributed by atoms with Gasteiger partial charge in [0.1, 0.15) is 23.2 Å². The summed E-state index contributed by atoms with van der Waals surface area (Å²) in [6.45, 7) is 3.46. The number of piperidine rings is 1. The minimum absolute atomic E-state index is 0.0295. The third-order valence-electron chi connectivity index (χ3n) is 11.3. The highest BCUT2D eigenvalue weighted by atomic mass is 19.4. The zero-order valence-corrected chi connectivity index (χ0v) is 30.3. The molecule has 3 aliphatic rings. The Morgan fingerprint density at radius 1 is 0.982 bits per heavy atom. The van der Waals surface area contributed by atoms with E-state index in [9.17, 15) is 27.9 Å². The summed E-state index contributed by atoms with van der Waals surface area (Å²) < 4.78 is 57.9. The summed E-state index contributed by atoms with van der Waals surface area (Å²) in [5.41, 5.74) is -2.84. The number of rotatable bonds is 9. The van der Waals surface area contributed by atoms with Gasteiger partial charge in [0.25, 0.3) is 5.91 Å². The van der Waals surface area contributed by atoms with Crippen LogP contribution in [0.4, 0.5) is 19.1 Å². The number of anilines is 1. The summed E-state index contributed by atoms with van der Waals surface area (Å²) in [7, 11) is 1.49. The number of amides is 1. The average Bonchev–Trinajstić information content (AvgIpc) is 3.68. The van der Waals surface area contributed by atoms with Crippen molar-refractivity contribution in [2.24, 2.45) is 17.8 Å². The molecule has 8 rings (SSSR count). The first-order valence-corrected chi connectivity index (χ1v) is 18.4. The predicted molar refractivity (Wildman–Crippen MR) is 196 cm³/mol. The number of ether oxygens (including phenoxy) is 2. The van der Waals surface area contributed by atoms with Gasteiger partial charge in [-0.05, 0) is 79.8 Å². The van der Waals surface area contributed by atoms with Gasteiger partial charge in [-0.25, -0.2) is 19.7 Å². The van der Waals surface area contributed by atoms with Crippen molar-refractivity contribution in [1.29, 1.82) is 0 Å². The van der Waals surface area contributed by atoms with E-state index in [1.807, 2.05) is 13.0 Å². The normalized spacial score (nSPS) is 22.8. The first-order chi connectivity index (χ1) is 26.4. The molecule has 0 radical (unpaired) electrons. The number of hydrogen-bond acceptors (Lipinski definition) is 9. The molecule has 2 aliphatic carbocycles. The van der Waals surface area contributed by atoms with Gasteiger partial charge in [0.15, 0.2) is 5.69 Å². The molecule has 5 heterocycles. The summed E-state index contributed by atoms with van der Waals surface area (Å²) in [6.07, 6.45) is 3.63. The van der Waals surface area contributed by atoms with Crippen LogP contribution in [0.15, 0.2) is 73.2 Å². The maximum Gasteiger partial charge on any atom is 0.434 e. The van der Waals surface area contributed by atoms with Crippen molar-refractivity contribution in [1.82, 2.24) is 29.8 Å². The molecular weight excluding hydrogens is 715 g/mol. The van der Waals surface area contributed by atoms with Crippen molar-refractivity contribution in [3.05, 3.63) is 84.4 Å². The van der Waals surface area contributed by atoms with E-state index in [0.717, 1.165) is 25.3 Å². The molecular formula is C40H40F3N7O5. The lowest BCUT2D eigenvalue weighted by molar-refractivity contribution is -0.146. The second-order valence-corrected chi connectivity index (χ2v) is 14.9. The SMILES string of the molecule is COc1cccc(-n2cc(-c3ccc(C(=O)NC4(C(=O)O)CC5CC(C)CC4C5)c(C(F)(F)F)n3)c3ccc(OC4CCN(c5ncccn5)CC4)cc32)n1. The molecule has 4 unspecified atom stereocenters. The fraction of sp³-hybridized carbons (Fsp3) is 0.400. The molecule has 4 aromatic heterocycles. The highest BCUT2D eigenvalue weighted by Crippen LogP contribution is 2.51. The van der Waals surface area contributed by atoms with Crippen molar-refractivity contribution >= 4 is 28.7 Å². The summed E-state index contributed by atoms with van der Waals surface area (Å²) in [5, 5.41) is 13.5. The van der Waals surface area contributed by atoms with Crippen LogP contribution >= 0.6 is 0 Å². The lowest BCUT2D eigenvalue weighted by Gasteiger charge is -2.33. The second kappa shape index (κ2) is 14.2. The smallest absolute Gasteiger partial charge is 0.434 e. The minimum Gasteiger partial charge on any atom is -0.490 e. The van der Waals surface area contributed by atoms with E-state index in [0.29, 0.717) is 65.8 Å². The highest BCUT2D eigenvalue weighted by molar-refractivity contribution is 6.01. The van der Waals surface area contributed by atoms with E-state index in [1.165, 1.54) is 13.2 Å². The Bertz CT molecular complexity index is 2240. The molecule has 55 heavy (non-hydrogen) atoms. The number of carbonyl (C=O) groups excluding carboxylic acids is 1. The van der Waals surface area contributed by atoms with Crippen LogP contribution in [0, 0.1) is 17.8 Å². The topological polar surface area (TPSA) is 145 Å². The van der Waals surface area contributed by atoms with Crippen molar-refractivity contribution in [3.8, 4) is 28.7 Å². The summed E-state index contributed by atoms with van der Waals surface area (Å²) in [6, 6.07) is 14.8. The maximum absolute atomic E-state index is 14.8. The van der Waals surface area contributed by atoms with Gasteiger partial charge < -0.3 is 29.4 Å². The van der Waals surface area contributed by atoms with E-state index >= 15 is 0 Å². The number of halogens is 3. The third kappa shape index (κ3) is 6.91. The molecule has 2 bridgehead atoms. The maximum atomic E-state index is 14.8. The van der Waals surface area contributed by atoms with Crippen LogP contribution in [0.1, 0.15) is 61.5 Å². The molecule has 4 atom stereocenters. The van der Waals surface area contributed by atoms with Crippen LogP contribution < -0.4 is 19.7 Å². The number of carbonyl (C=O) groups is 2. The highest BCUT2D eigenvalue weighted by Gasteiger charge is 2.56. The molecule has 286 valence electrons. The molecule has 1 amide bonds. The molecule has 5 aromatic rings. The quantitative estimate of drug-likeness (QED) is 0.162. The van der Waals surface area contributed by atoms with Crippen LogP contribution in [-0.2, 0) is 11.0 Å². The number of hydrogen-bond donors (Lipinski definition) is 2. The standard InChI is InChI=1S/C40H40F3N7O5/c1-23-17-24-19-25(18-23)39(21-24,37(52)53)48-36(51)29-9-10-31(46-35(29)40(41,42)43)30-22-50(33-5-3-6-34(47-33)54-2)32-20-27(7-8-28(30)32)55-26-11-15-49(16-12-26)38-44-13-4-14-45-38/h3-10,13-14,20,22-26H,11-12,15-19,21H2,1-2H3,(H,48,51)(H,52,53). The van der Waals surface area contributed by atoms with Gasteiger partial charge in [0.2, 0.25) is 11.8 Å². The number of fused-ring (bicyclic) bond motifs is 3. The molecule has 1 aromatic carbocycles. The largest absolute Gasteiger partial charge is 0.490 e. The van der Waals surface area contributed by atoms with Crippen LogP contribution in [0.2, 0.25) is 0 Å². The number of methoxy groups -OCH3 is 1. The summed E-state index contributed by atoms with van der Waals surface area (Å²) >= 11 is 0. The number of nitrogens with one attached hydrogen (secondary N) is 1. The van der Waals surface area contributed by atoms with Gasteiger partial charge in [-0.1, -0.05) is 13.0 Å². The number of pyridine rings is 2. The fourth-order valence-electron chi connectivity index (χ4n) is 8.83. The Morgan fingerprint density at radius 3 is 2.49 bits per heavy atom. The van der Waals surface area contributed by atoms with Gasteiger partial charge in [-0.3, -0.25) is 4.79 Å². The summed E-state index contributed by atoms with van der Waals surface area (Å²) in [5.74, 6) is -0.325. The lowest BCUT2D eigenvalue weighted by Crippen LogP contribution is -2.57. The third-order valence-corrected chi connectivity index (χ3v) is 11.3. The summed E-state index contributed by atoms with van der Waals surface area (Å²) in [4.78, 5) is 45.8. The Labute approximate surface area is 314 Å². The van der Waals surface area contributed by atoms with E-state index in [-0.39, 0.29) is 36.0 Å². The Kier molecular flexibility index (Phi) is 9.34. The zero-order valence-electron chi connectivity index (χ0n) is 30.3. The van der Waals surface area contributed by atoms with Crippen molar-refractivity contribution in [3.63, 3.8) is 0 Å². The fourth-order valence-corrected chi connectivity index (χ4v) is 8.83. The number of carboxylic acids is 1. The van der Waals surface area contributed by atoms with Crippen LogP contribution in [-0.4, -0.2) is 73.3 Å². The monoisotopic (exact) mass is 755 g/mol. The van der Waals surface area contributed by atoms with Gasteiger partial charge in [0, 0.05) is 67.6 Å². The van der Waals surface area contributed by atoms with Gasteiger partial charge >= 0.3 is 12.1 Å². The van der Waals surface area contributed by atoms with E-state index in [4.69, 9.17) is 9.47 Å². The average molecular weight is 756 g/mol. The second-order valence-electron chi connectivity index (χ2n) is 14.9. The van der Waals surface area contributed by atoms with Crippen LogP contribution in [0.5, 0.6) is 11.6 Å². The van der Waals surface area contributed by atoms with Gasteiger partial charge in [0.05, 0.1) is 23.9 Å². The molecule has 2 saturated carbocycles. The number of nitrogens with zero attached hydrogens (tertiary/aromatic N) is 6. The molecule has 15 heteroatoms. The number of carboxylic acid groups (broad SMARTS) is 1. The number of aliphatic carboxylic acids is 1. The van der Waals surface area contributed by atoms with E-state index in [1.54, 1.807) is 59.6 Å². The number of alkyl halides is 3. The first kappa shape index (κ1) is 36.3. The number of benzene rings is 1. The molecule has 0 spiro atoms.